The van der Waals surface area contributed by atoms with Crippen LogP contribution in [0.1, 0.15) is 23.2 Å². The number of carbonyl (C=O) groups excluding carboxylic acids is 1. The van der Waals surface area contributed by atoms with Gasteiger partial charge in [-0.15, -0.1) is 11.6 Å². The monoisotopic (exact) mass is 231 g/mol. The van der Waals surface area contributed by atoms with Crippen LogP contribution in [0.5, 0.6) is 0 Å². The number of alkyl halides is 1. The number of nitrogen functional groups attached to an aromatic ring is 1. The molecule has 1 aromatic rings. The molecule has 4 heteroatoms. The van der Waals surface area contributed by atoms with Gasteiger partial charge in [0.15, 0.2) is 5.78 Å². The highest BCUT2D eigenvalue weighted by Gasteiger charge is 2.08. The number of ketones is 1. The first-order chi connectivity index (χ1) is 6.65. The average Bonchev–Trinajstić information content (AvgIpc) is 2.14. The predicted octanol–water partition coefficient (Wildman–Crippen LogP) is 3.12. The Morgan fingerprint density at radius 3 is 2.71 bits per heavy atom. The quantitative estimate of drug-likeness (QED) is 0.492. The molecule has 0 aliphatic heterocycles. The Morgan fingerprint density at radius 1 is 1.43 bits per heavy atom. The molecule has 0 bridgehead atoms. The lowest BCUT2D eigenvalue weighted by Gasteiger charge is -2.03. The van der Waals surface area contributed by atoms with Crippen LogP contribution in [0.3, 0.4) is 0 Å². The molecule has 1 aromatic carbocycles. The minimum atomic E-state index is 0.0137. The summed E-state index contributed by atoms with van der Waals surface area (Å²) in [6, 6.07) is 4.88. The maximum atomic E-state index is 11.6. The van der Waals surface area contributed by atoms with Crippen LogP contribution < -0.4 is 5.73 Å². The smallest absolute Gasteiger partial charge is 0.164 e. The summed E-state index contributed by atoms with van der Waals surface area (Å²) in [5, 5.41) is 0.538. The summed E-state index contributed by atoms with van der Waals surface area (Å²) >= 11 is 11.2. The fraction of sp³-hybridized carbons (Fsp3) is 0.300. The van der Waals surface area contributed by atoms with Gasteiger partial charge in [0.25, 0.3) is 0 Å². The Bertz CT molecular complexity index is 339. The molecule has 0 atom stereocenters. The third-order valence-electron chi connectivity index (χ3n) is 1.85. The van der Waals surface area contributed by atoms with E-state index in [9.17, 15) is 4.79 Å². The molecule has 0 aromatic heterocycles. The van der Waals surface area contributed by atoms with Crippen molar-refractivity contribution in [2.75, 3.05) is 11.6 Å². The summed E-state index contributed by atoms with van der Waals surface area (Å²) in [7, 11) is 0. The molecule has 1 rings (SSSR count). The number of benzene rings is 1. The van der Waals surface area contributed by atoms with Crippen molar-refractivity contribution >= 4 is 34.7 Å². The maximum Gasteiger partial charge on any atom is 0.164 e. The zero-order chi connectivity index (χ0) is 10.6. The van der Waals surface area contributed by atoms with Crippen molar-refractivity contribution in [2.45, 2.75) is 12.8 Å². The summed E-state index contributed by atoms with van der Waals surface area (Å²) in [5.74, 6) is 0.499. The van der Waals surface area contributed by atoms with E-state index >= 15 is 0 Å². The summed E-state index contributed by atoms with van der Waals surface area (Å²) in [6.07, 6.45) is 1.10. The molecule has 2 N–H and O–H groups in total. The van der Waals surface area contributed by atoms with Crippen LogP contribution in [0.4, 0.5) is 5.69 Å². The molecule has 0 spiro atoms. The van der Waals surface area contributed by atoms with Crippen molar-refractivity contribution in [3.05, 3.63) is 28.8 Å². The topological polar surface area (TPSA) is 43.1 Å². The standard InChI is InChI=1S/C10H11Cl2NO/c11-5-1-2-10(14)8-4-3-7(12)6-9(8)13/h3-4,6H,1-2,5,13H2. The van der Waals surface area contributed by atoms with Crippen LogP contribution >= 0.6 is 23.2 Å². The number of hydrogen-bond acceptors (Lipinski definition) is 2. The lowest BCUT2D eigenvalue weighted by atomic mass is 10.1. The highest BCUT2D eigenvalue weighted by Crippen LogP contribution is 2.19. The van der Waals surface area contributed by atoms with Gasteiger partial charge in [-0.05, 0) is 24.6 Å². The van der Waals surface area contributed by atoms with Gasteiger partial charge in [0.05, 0.1) is 0 Å². The normalized spacial score (nSPS) is 10.1. The molecular formula is C10H11Cl2NO. The lowest BCUT2D eigenvalue weighted by Crippen LogP contribution is -2.03. The van der Waals surface area contributed by atoms with Crippen LogP contribution in [0.25, 0.3) is 0 Å². The SMILES string of the molecule is Nc1cc(Cl)ccc1C(=O)CCCCl. The van der Waals surface area contributed by atoms with Crippen molar-refractivity contribution in [1.29, 1.82) is 0 Å². The van der Waals surface area contributed by atoms with Gasteiger partial charge in [0.2, 0.25) is 0 Å². The Morgan fingerprint density at radius 2 is 2.14 bits per heavy atom. The second kappa shape index (κ2) is 5.23. The van der Waals surface area contributed by atoms with Gasteiger partial charge in [-0.3, -0.25) is 4.79 Å². The highest BCUT2D eigenvalue weighted by molar-refractivity contribution is 6.31. The zero-order valence-electron chi connectivity index (χ0n) is 7.59. The number of Topliss-reactive ketones (excluding diaryl/α,β-unsaturated/α-hetero) is 1. The molecule has 76 valence electrons. The molecule has 2 nitrogen and oxygen atoms in total. The van der Waals surface area contributed by atoms with Crippen LogP contribution in [-0.4, -0.2) is 11.7 Å². The highest BCUT2D eigenvalue weighted by atomic mass is 35.5. The number of anilines is 1. The van der Waals surface area contributed by atoms with E-state index in [4.69, 9.17) is 28.9 Å². The fourth-order valence-electron chi connectivity index (χ4n) is 1.15. The molecule has 0 amide bonds. The van der Waals surface area contributed by atoms with E-state index in [1.54, 1.807) is 18.2 Å². The van der Waals surface area contributed by atoms with Crippen LogP contribution in [0.15, 0.2) is 18.2 Å². The van der Waals surface area contributed by atoms with Gasteiger partial charge < -0.3 is 5.73 Å². The predicted molar refractivity (Wildman–Crippen MR) is 60.1 cm³/mol. The molecule has 0 saturated carbocycles. The van der Waals surface area contributed by atoms with Crippen molar-refractivity contribution in [1.82, 2.24) is 0 Å². The second-order valence-electron chi connectivity index (χ2n) is 2.95. The average molecular weight is 232 g/mol. The summed E-state index contributed by atoms with van der Waals surface area (Å²) < 4.78 is 0. The molecule has 0 unspecified atom stereocenters. The largest absolute Gasteiger partial charge is 0.398 e. The fourth-order valence-corrected chi connectivity index (χ4v) is 1.46. The van der Waals surface area contributed by atoms with E-state index in [1.165, 1.54) is 0 Å². The first-order valence-electron chi connectivity index (χ1n) is 4.29. The Balaban J connectivity index is 2.80. The molecule has 0 aliphatic rings. The number of carbonyl (C=O) groups is 1. The number of halogens is 2. The maximum absolute atomic E-state index is 11.6. The van der Waals surface area contributed by atoms with E-state index in [0.717, 1.165) is 0 Å². The second-order valence-corrected chi connectivity index (χ2v) is 3.76. The molecule has 0 aliphatic carbocycles. The van der Waals surface area contributed by atoms with Crippen molar-refractivity contribution in [3.8, 4) is 0 Å². The van der Waals surface area contributed by atoms with E-state index in [2.05, 4.69) is 0 Å². The first-order valence-corrected chi connectivity index (χ1v) is 5.20. The minimum absolute atomic E-state index is 0.0137. The zero-order valence-corrected chi connectivity index (χ0v) is 9.11. The molecular weight excluding hydrogens is 221 g/mol. The Hall–Kier alpha value is -0.730. The van der Waals surface area contributed by atoms with E-state index in [1.807, 2.05) is 0 Å². The van der Waals surface area contributed by atoms with Gasteiger partial charge >= 0.3 is 0 Å². The lowest BCUT2D eigenvalue weighted by molar-refractivity contribution is 0.0983. The number of hydrogen-bond donors (Lipinski definition) is 1. The molecule has 0 fully saturated rings. The molecule has 0 saturated heterocycles. The molecule has 0 radical (unpaired) electrons. The third kappa shape index (κ3) is 2.89. The molecule has 0 heterocycles. The number of rotatable bonds is 4. The van der Waals surface area contributed by atoms with E-state index in [-0.39, 0.29) is 5.78 Å². The number of nitrogens with two attached hydrogens (primary N) is 1. The van der Waals surface area contributed by atoms with E-state index in [0.29, 0.717) is 35.0 Å². The van der Waals surface area contributed by atoms with Crippen molar-refractivity contribution in [3.63, 3.8) is 0 Å². The Labute approximate surface area is 93.0 Å². The van der Waals surface area contributed by atoms with Gasteiger partial charge in [0, 0.05) is 28.6 Å². The summed E-state index contributed by atoms with van der Waals surface area (Å²) in [4.78, 5) is 11.6. The van der Waals surface area contributed by atoms with Crippen LogP contribution in [-0.2, 0) is 0 Å². The Kier molecular flexibility index (Phi) is 4.23. The molecule has 14 heavy (non-hydrogen) atoms. The van der Waals surface area contributed by atoms with Gasteiger partial charge in [0.1, 0.15) is 0 Å². The third-order valence-corrected chi connectivity index (χ3v) is 2.35. The van der Waals surface area contributed by atoms with Crippen molar-refractivity contribution < 1.29 is 4.79 Å². The van der Waals surface area contributed by atoms with Crippen molar-refractivity contribution in [2.24, 2.45) is 0 Å². The van der Waals surface area contributed by atoms with Gasteiger partial charge in [-0.2, -0.15) is 0 Å². The van der Waals surface area contributed by atoms with Crippen LogP contribution in [0, 0.1) is 0 Å². The van der Waals surface area contributed by atoms with Gasteiger partial charge in [-0.25, -0.2) is 0 Å². The first kappa shape index (κ1) is 11.3. The summed E-state index contributed by atoms with van der Waals surface area (Å²) in [6.45, 7) is 0. The van der Waals surface area contributed by atoms with Gasteiger partial charge in [-0.1, -0.05) is 11.6 Å². The van der Waals surface area contributed by atoms with Crippen LogP contribution in [0.2, 0.25) is 5.02 Å². The minimum Gasteiger partial charge on any atom is -0.398 e. The van der Waals surface area contributed by atoms with E-state index < -0.39 is 0 Å². The summed E-state index contributed by atoms with van der Waals surface area (Å²) in [5.41, 5.74) is 6.61.